The number of nitriles is 1. The average molecular weight is 271 g/mol. The number of nitrogens with one attached hydrogen (secondary N) is 1. The van der Waals surface area contributed by atoms with Crippen LogP contribution in [0.15, 0.2) is 36.7 Å². The van der Waals surface area contributed by atoms with Gasteiger partial charge in [-0.15, -0.1) is 0 Å². The molecule has 0 amide bonds. The summed E-state index contributed by atoms with van der Waals surface area (Å²) in [4.78, 5) is 0. The Morgan fingerprint density at radius 2 is 2.15 bits per heavy atom. The summed E-state index contributed by atoms with van der Waals surface area (Å²) in [7, 11) is 0. The minimum atomic E-state index is -0.334. The van der Waals surface area contributed by atoms with Gasteiger partial charge in [0, 0.05) is 37.1 Å². The molecule has 0 atom stereocenters. The quantitative estimate of drug-likeness (QED) is 0.908. The van der Waals surface area contributed by atoms with Crippen molar-refractivity contribution >= 4 is 0 Å². The van der Waals surface area contributed by atoms with Gasteiger partial charge < -0.3 is 9.88 Å². The molecule has 20 heavy (non-hydrogen) atoms. The molecule has 1 N–H and O–H groups in total. The highest BCUT2D eigenvalue weighted by molar-refractivity contribution is 5.33. The van der Waals surface area contributed by atoms with Crippen molar-refractivity contribution in [2.75, 3.05) is 0 Å². The first-order valence-electron chi connectivity index (χ1n) is 6.65. The summed E-state index contributed by atoms with van der Waals surface area (Å²) in [5, 5.41) is 12.1. The normalized spacial score (nSPS) is 10.8. The van der Waals surface area contributed by atoms with Crippen molar-refractivity contribution in [3.8, 4) is 6.07 Å². The lowest BCUT2D eigenvalue weighted by Crippen LogP contribution is -2.21. The van der Waals surface area contributed by atoms with Crippen molar-refractivity contribution in [2.24, 2.45) is 0 Å². The van der Waals surface area contributed by atoms with Crippen molar-refractivity contribution in [3.05, 3.63) is 59.2 Å². The maximum absolute atomic E-state index is 13.8. The largest absolute Gasteiger partial charge is 0.349 e. The minimum absolute atomic E-state index is 0.334. The van der Waals surface area contributed by atoms with Gasteiger partial charge >= 0.3 is 0 Å². The van der Waals surface area contributed by atoms with Crippen LogP contribution in [0.4, 0.5) is 4.39 Å². The Balaban J connectivity index is 2.05. The Bertz CT molecular complexity index is 623. The van der Waals surface area contributed by atoms with Crippen molar-refractivity contribution in [1.29, 1.82) is 5.26 Å². The highest BCUT2D eigenvalue weighted by Crippen LogP contribution is 2.12. The molecule has 0 radical (unpaired) electrons. The third-order valence-corrected chi connectivity index (χ3v) is 3.06. The summed E-state index contributed by atoms with van der Waals surface area (Å²) in [5.74, 6) is -0.334. The van der Waals surface area contributed by atoms with Crippen LogP contribution >= 0.6 is 0 Å². The van der Waals surface area contributed by atoms with Gasteiger partial charge in [0.1, 0.15) is 5.82 Å². The Morgan fingerprint density at radius 3 is 2.80 bits per heavy atom. The molecule has 0 aliphatic heterocycles. The Morgan fingerprint density at radius 1 is 1.35 bits per heavy atom. The number of nitrogens with zero attached hydrogens (tertiary/aromatic N) is 2. The lowest BCUT2D eigenvalue weighted by atomic mass is 10.1. The molecule has 1 heterocycles. The van der Waals surface area contributed by atoms with Crippen LogP contribution in [-0.4, -0.2) is 10.6 Å². The van der Waals surface area contributed by atoms with E-state index in [0.717, 1.165) is 6.54 Å². The number of hydrogen-bond acceptors (Lipinski definition) is 2. The van der Waals surface area contributed by atoms with E-state index in [2.05, 4.69) is 19.2 Å². The van der Waals surface area contributed by atoms with E-state index >= 15 is 0 Å². The molecule has 0 aliphatic carbocycles. The molecule has 1 aromatic heterocycles. The first-order valence-corrected chi connectivity index (χ1v) is 6.65. The second kappa shape index (κ2) is 6.36. The first kappa shape index (κ1) is 14.3. The van der Waals surface area contributed by atoms with Crippen LogP contribution in [0.5, 0.6) is 0 Å². The summed E-state index contributed by atoms with van der Waals surface area (Å²) >= 11 is 0. The van der Waals surface area contributed by atoms with E-state index in [4.69, 9.17) is 5.26 Å². The standard InChI is InChI=1S/C16H18FN3/c1-12(2)19-9-14-5-6-20(10-14)11-15-4-3-13(8-18)7-16(15)17/h3-7,10,12,19H,9,11H2,1-2H3. The number of aromatic nitrogens is 1. The lowest BCUT2D eigenvalue weighted by Gasteiger charge is -2.07. The predicted molar refractivity (Wildman–Crippen MR) is 76.6 cm³/mol. The highest BCUT2D eigenvalue weighted by atomic mass is 19.1. The molecule has 4 heteroatoms. The zero-order valence-electron chi connectivity index (χ0n) is 11.7. The van der Waals surface area contributed by atoms with Gasteiger partial charge in [0.2, 0.25) is 0 Å². The number of hydrogen-bond donors (Lipinski definition) is 1. The molecule has 0 spiro atoms. The Hall–Kier alpha value is -2.12. The predicted octanol–water partition coefficient (Wildman–Crippen LogP) is 3.05. The van der Waals surface area contributed by atoms with Gasteiger partial charge in [0.05, 0.1) is 11.6 Å². The van der Waals surface area contributed by atoms with Gasteiger partial charge in [-0.3, -0.25) is 0 Å². The number of halogens is 1. The lowest BCUT2D eigenvalue weighted by molar-refractivity contribution is 0.586. The summed E-state index contributed by atoms with van der Waals surface area (Å²) < 4.78 is 15.8. The van der Waals surface area contributed by atoms with Gasteiger partial charge in [-0.1, -0.05) is 19.9 Å². The van der Waals surface area contributed by atoms with Crippen molar-refractivity contribution in [3.63, 3.8) is 0 Å². The fraction of sp³-hybridized carbons (Fsp3) is 0.312. The first-order chi connectivity index (χ1) is 9.58. The van der Waals surface area contributed by atoms with Crippen LogP contribution in [0, 0.1) is 17.1 Å². The maximum Gasteiger partial charge on any atom is 0.129 e. The topological polar surface area (TPSA) is 40.8 Å². The van der Waals surface area contributed by atoms with Crippen LogP contribution in [0.25, 0.3) is 0 Å². The molecular formula is C16H18FN3. The summed E-state index contributed by atoms with van der Waals surface area (Å²) in [6.45, 7) is 5.48. The fourth-order valence-corrected chi connectivity index (χ4v) is 1.96. The SMILES string of the molecule is CC(C)NCc1ccn(Cc2ccc(C#N)cc2F)c1. The van der Waals surface area contributed by atoms with Crippen LogP contribution in [0.3, 0.4) is 0 Å². The highest BCUT2D eigenvalue weighted by Gasteiger charge is 2.05. The third kappa shape index (κ3) is 3.69. The number of benzene rings is 1. The molecule has 2 aromatic rings. The van der Waals surface area contributed by atoms with E-state index in [-0.39, 0.29) is 5.82 Å². The van der Waals surface area contributed by atoms with E-state index in [9.17, 15) is 4.39 Å². The van der Waals surface area contributed by atoms with Crippen molar-refractivity contribution < 1.29 is 4.39 Å². The second-order valence-electron chi connectivity index (χ2n) is 5.15. The molecule has 2 rings (SSSR count). The maximum atomic E-state index is 13.8. The summed E-state index contributed by atoms with van der Waals surface area (Å²) in [6, 6.07) is 8.99. The average Bonchev–Trinajstić information content (AvgIpc) is 2.86. The third-order valence-electron chi connectivity index (χ3n) is 3.06. The number of rotatable bonds is 5. The second-order valence-corrected chi connectivity index (χ2v) is 5.15. The summed E-state index contributed by atoms with van der Waals surface area (Å²) in [6.07, 6.45) is 3.95. The van der Waals surface area contributed by atoms with Crippen LogP contribution in [0.1, 0.15) is 30.5 Å². The Kier molecular flexibility index (Phi) is 4.54. The molecular weight excluding hydrogens is 253 g/mol. The van der Waals surface area contributed by atoms with E-state index in [1.807, 2.05) is 29.1 Å². The molecule has 0 bridgehead atoms. The molecule has 0 fully saturated rings. The molecule has 104 valence electrons. The van der Waals surface area contributed by atoms with Crippen LogP contribution < -0.4 is 5.32 Å². The van der Waals surface area contributed by atoms with E-state index in [1.54, 1.807) is 12.1 Å². The molecule has 0 saturated carbocycles. The Labute approximate surface area is 118 Å². The molecule has 0 unspecified atom stereocenters. The van der Waals surface area contributed by atoms with Crippen molar-refractivity contribution in [2.45, 2.75) is 33.0 Å². The molecule has 0 saturated heterocycles. The van der Waals surface area contributed by atoms with E-state index in [1.165, 1.54) is 11.6 Å². The van der Waals surface area contributed by atoms with E-state index < -0.39 is 0 Å². The smallest absolute Gasteiger partial charge is 0.129 e. The molecule has 0 aliphatic rings. The van der Waals surface area contributed by atoms with Gasteiger partial charge in [-0.25, -0.2) is 4.39 Å². The summed E-state index contributed by atoms with van der Waals surface area (Å²) in [5.41, 5.74) is 2.11. The molecule has 3 nitrogen and oxygen atoms in total. The molecule has 1 aromatic carbocycles. The van der Waals surface area contributed by atoms with Crippen LogP contribution in [0.2, 0.25) is 0 Å². The van der Waals surface area contributed by atoms with Gasteiger partial charge in [0.15, 0.2) is 0 Å². The zero-order valence-corrected chi connectivity index (χ0v) is 11.7. The van der Waals surface area contributed by atoms with Gasteiger partial charge in [-0.05, 0) is 23.8 Å². The fourth-order valence-electron chi connectivity index (χ4n) is 1.96. The van der Waals surface area contributed by atoms with E-state index in [0.29, 0.717) is 23.7 Å². The van der Waals surface area contributed by atoms with Crippen molar-refractivity contribution in [1.82, 2.24) is 9.88 Å². The zero-order chi connectivity index (χ0) is 14.5. The van der Waals surface area contributed by atoms with Gasteiger partial charge in [-0.2, -0.15) is 5.26 Å². The monoisotopic (exact) mass is 271 g/mol. The van der Waals surface area contributed by atoms with Crippen LogP contribution in [-0.2, 0) is 13.1 Å². The minimum Gasteiger partial charge on any atom is -0.349 e. The van der Waals surface area contributed by atoms with Gasteiger partial charge in [0.25, 0.3) is 0 Å².